The lowest BCUT2D eigenvalue weighted by molar-refractivity contribution is 0.494. The number of hydrogen-bond acceptors (Lipinski definition) is 5. The molecule has 3 heterocycles. The van der Waals surface area contributed by atoms with Crippen LogP contribution in [-0.4, -0.2) is 29.3 Å². The summed E-state index contributed by atoms with van der Waals surface area (Å²) in [7, 11) is 0. The van der Waals surface area contributed by atoms with Crippen molar-refractivity contribution in [1.82, 2.24) is 15.5 Å². The highest BCUT2D eigenvalue weighted by atomic mass is 16.3. The molecule has 1 aliphatic rings. The molecule has 4 rings (SSSR count). The zero-order valence-corrected chi connectivity index (χ0v) is 13.0. The van der Waals surface area contributed by atoms with Crippen molar-refractivity contribution in [2.24, 2.45) is 0 Å². The van der Waals surface area contributed by atoms with Gasteiger partial charge in [-0.25, -0.2) is 0 Å². The third-order valence-electron chi connectivity index (χ3n) is 4.39. The Hall–Kier alpha value is -2.40. The molecular weight excluding hydrogens is 288 g/mol. The Morgan fingerprint density at radius 2 is 2.17 bits per heavy atom. The Morgan fingerprint density at radius 1 is 1.22 bits per heavy atom. The molecule has 1 saturated heterocycles. The second kappa shape index (κ2) is 6.38. The number of hydrogen-bond donors (Lipinski definition) is 1. The van der Waals surface area contributed by atoms with Crippen molar-refractivity contribution in [3.05, 3.63) is 54.4 Å². The monoisotopic (exact) mass is 308 g/mol. The molecule has 1 aromatic carbocycles. The highest BCUT2D eigenvalue weighted by Crippen LogP contribution is 2.23. The van der Waals surface area contributed by atoms with E-state index in [1.54, 1.807) is 6.20 Å². The summed E-state index contributed by atoms with van der Waals surface area (Å²) in [6.07, 6.45) is 4.10. The number of benzene rings is 1. The first-order chi connectivity index (χ1) is 11.4. The number of anilines is 1. The number of nitrogens with one attached hydrogen (secondary N) is 1. The van der Waals surface area contributed by atoms with E-state index in [9.17, 15) is 0 Å². The maximum atomic E-state index is 5.85. The number of rotatable bonds is 5. The van der Waals surface area contributed by atoms with E-state index in [1.807, 2.05) is 30.3 Å². The lowest BCUT2D eigenvalue weighted by Crippen LogP contribution is -2.38. The van der Waals surface area contributed by atoms with Gasteiger partial charge in [-0.2, -0.15) is 5.10 Å². The van der Waals surface area contributed by atoms with E-state index in [4.69, 9.17) is 4.42 Å². The molecule has 5 nitrogen and oxygen atoms in total. The second-order valence-corrected chi connectivity index (χ2v) is 5.95. The van der Waals surface area contributed by atoms with Crippen molar-refractivity contribution < 1.29 is 4.42 Å². The standard InChI is InChI=1S/C18H20N4O/c1-2-7-17-14(5-1)11-16(23-17)13-19-12-15-6-4-10-22(15)18-8-3-9-20-21-18/h1-3,5,7-9,11,15,19H,4,6,10,12-13H2/t15-/m0/s1. The van der Waals surface area contributed by atoms with Crippen LogP contribution in [-0.2, 0) is 6.54 Å². The molecule has 1 fully saturated rings. The fourth-order valence-electron chi connectivity index (χ4n) is 3.28. The Labute approximate surface area is 135 Å². The first kappa shape index (κ1) is 14.2. The number of fused-ring (bicyclic) bond motifs is 1. The molecule has 0 unspecified atom stereocenters. The largest absolute Gasteiger partial charge is 0.460 e. The second-order valence-electron chi connectivity index (χ2n) is 5.95. The van der Waals surface area contributed by atoms with Gasteiger partial charge < -0.3 is 14.6 Å². The van der Waals surface area contributed by atoms with Crippen molar-refractivity contribution in [3.8, 4) is 0 Å². The van der Waals surface area contributed by atoms with Crippen molar-refractivity contribution in [2.45, 2.75) is 25.4 Å². The van der Waals surface area contributed by atoms with E-state index in [-0.39, 0.29) is 0 Å². The van der Waals surface area contributed by atoms with Gasteiger partial charge in [0.05, 0.1) is 6.54 Å². The van der Waals surface area contributed by atoms with Crippen LogP contribution in [0.1, 0.15) is 18.6 Å². The Morgan fingerprint density at radius 3 is 3.04 bits per heavy atom. The summed E-state index contributed by atoms with van der Waals surface area (Å²) in [6.45, 7) is 2.72. The molecule has 1 atom stereocenters. The maximum Gasteiger partial charge on any atom is 0.151 e. The van der Waals surface area contributed by atoms with Crippen LogP contribution < -0.4 is 10.2 Å². The summed E-state index contributed by atoms with van der Waals surface area (Å²) in [5.41, 5.74) is 0.950. The van der Waals surface area contributed by atoms with Gasteiger partial charge in [0.1, 0.15) is 11.3 Å². The Balaban J connectivity index is 1.37. The van der Waals surface area contributed by atoms with Gasteiger partial charge in [0.25, 0.3) is 0 Å². The maximum absolute atomic E-state index is 5.85. The Bertz CT molecular complexity index is 738. The molecule has 0 amide bonds. The molecular formula is C18H20N4O. The van der Waals surface area contributed by atoms with E-state index >= 15 is 0 Å². The van der Waals surface area contributed by atoms with Crippen LogP contribution in [0.4, 0.5) is 5.82 Å². The van der Waals surface area contributed by atoms with E-state index in [0.717, 1.165) is 42.2 Å². The van der Waals surface area contributed by atoms with E-state index in [0.29, 0.717) is 6.04 Å². The van der Waals surface area contributed by atoms with Crippen molar-refractivity contribution >= 4 is 16.8 Å². The summed E-state index contributed by atoms with van der Waals surface area (Å²) < 4.78 is 5.85. The highest BCUT2D eigenvalue weighted by Gasteiger charge is 2.25. The van der Waals surface area contributed by atoms with Crippen molar-refractivity contribution in [2.75, 3.05) is 18.0 Å². The van der Waals surface area contributed by atoms with Crippen LogP contribution >= 0.6 is 0 Å². The fourth-order valence-corrected chi connectivity index (χ4v) is 3.28. The highest BCUT2D eigenvalue weighted by molar-refractivity contribution is 5.77. The topological polar surface area (TPSA) is 54.2 Å². The molecule has 0 spiro atoms. The molecule has 1 aliphatic heterocycles. The summed E-state index contributed by atoms with van der Waals surface area (Å²) in [5, 5.41) is 12.9. The summed E-state index contributed by atoms with van der Waals surface area (Å²) in [6, 6.07) is 14.7. The average Bonchev–Trinajstić information content (AvgIpc) is 3.22. The molecule has 0 radical (unpaired) electrons. The predicted octanol–water partition coefficient (Wildman–Crippen LogP) is 2.98. The van der Waals surface area contributed by atoms with Gasteiger partial charge >= 0.3 is 0 Å². The van der Waals surface area contributed by atoms with Gasteiger partial charge in [-0.1, -0.05) is 18.2 Å². The minimum absolute atomic E-state index is 0.469. The molecule has 23 heavy (non-hydrogen) atoms. The number of furan rings is 1. The van der Waals surface area contributed by atoms with Crippen LogP contribution in [0.5, 0.6) is 0 Å². The number of nitrogens with zero attached hydrogens (tertiary/aromatic N) is 3. The lowest BCUT2D eigenvalue weighted by Gasteiger charge is -2.25. The first-order valence-corrected chi connectivity index (χ1v) is 8.13. The SMILES string of the molecule is c1cnnc(N2CCC[C@H]2CNCc2cc3ccccc3o2)c1. The van der Waals surface area contributed by atoms with E-state index in [1.165, 1.54) is 12.8 Å². The molecule has 3 aromatic rings. The number of aromatic nitrogens is 2. The predicted molar refractivity (Wildman–Crippen MR) is 90.3 cm³/mol. The van der Waals surface area contributed by atoms with E-state index < -0.39 is 0 Å². The van der Waals surface area contributed by atoms with Crippen LogP contribution in [0.15, 0.2) is 53.1 Å². The van der Waals surface area contributed by atoms with Gasteiger partial charge in [0, 0.05) is 30.7 Å². The summed E-state index contributed by atoms with van der Waals surface area (Å²) in [4.78, 5) is 2.35. The van der Waals surface area contributed by atoms with Crippen molar-refractivity contribution in [1.29, 1.82) is 0 Å². The van der Waals surface area contributed by atoms with Crippen LogP contribution in [0.3, 0.4) is 0 Å². The normalized spacial score (nSPS) is 17.9. The van der Waals surface area contributed by atoms with Gasteiger partial charge in [-0.15, -0.1) is 5.10 Å². The molecule has 0 saturated carbocycles. The van der Waals surface area contributed by atoms with Gasteiger partial charge in [0.15, 0.2) is 5.82 Å². The third-order valence-corrected chi connectivity index (χ3v) is 4.39. The zero-order valence-electron chi connectivity index (χ0n) is 13.0. The first-order valence-electron chi connectivity index (χ1n) is 8.13. The van der Waals surface area contributed by atoms with Crippen molar-refractivity contribution in [3.63, 3.8) is 0 Å². The smallest absolute Gasteiger partial charge is 0.151 e. The molecule has 1 N–H and O–H groups in total. The molecule has 0 bridgehead atoms. The minimum atomic E-state index is 0.469. The van der Waals surface area contributed by atoms with Crippen LogP contribution in [0, 0.1) is 0 Å². The minimum Gasteiger partial charge on any atom is -0.460 e. The molecule has 5 heteroatoms. The lowest BCUT2D eigenvalue weighted by atomic mass is 10.2. The summed E-state index contributed by atoms with van der Waals surface area (Å²) in [5.74, 6) is 1.95. The zero-order chi connectivity index (χ0) is 15.5. The van der Waals surface area contributed by atoms with Crippen LogP contribution in [0.2, 0.25) is 0 Å². The van der Waals surface area contributed by atoms with Crippen LogP contribution in [0.25, 0.3) is 11.0 Å². The number of para-hydroxylation sites is 1. The molecule has 0 aliphatic carbocycles. The molecule has 2 aromatic heterocycles. The Kier molecular flexibility index (Phi) is 3.94. The average molecular weight is 308 g/mol. The molecule has 118 valence electrons. The van der Waals surface area contributed by atoms with E-state index in [2.05, 4.69) is 32.5 Å². The summed E-state index contributed by atoms with van der Waals surface area (Å²) >= 11 is 0. The third kappa shape index (κ3) is 3.05. The van der Waals surface area contributed by atoms with Gasteiger partial charge in [-0.3, -0.25) is 0 Å². The van der Waals surface area contributed by atoms with Gasteiger partial charge in [0.2, 0.25) is 0 Å². The quantitative estimate of drug-likeness (QED) is 0.785. The fraction of sp³-hybridized carbons (Fsp3) is 0.333. The van der Waals surface area contributed by atoms with Gasteiger partial charge in [-0.05, 0) is 37.1 Å².